The summed E-state index contributed by atoms with van der Waals surface area (Å²) in [7, 11) is 1.43. The molecule has 21 heavy (non-hydrogen) atoms. The van der Waals surface area contributed by atoms with Crippen molar-refractivity contribution in [2.75, 3.05) is 7.11 Å². The zero-order valence-corrected chi connectivity index (χ0v) is 12.5. The van der Waals surface area contributed by atoms with Crippen LogP contribution >= 0.6 is 15.9 Å². The molecular formula is C13H11BrN2O5. The van der Waals surface area contributed by atoms with E-state index in [-0.39, 0.29) is 17.8 Å². The molecule has 7 nitrogen and oxygen atoms in total. The molecule has 1 N–H and O–H groups in total. The van der Waals surface area contributed by atoms with Gasteiger partial charge in [0.1, 0.15) is 5.75 Å². The van der Waals surface area contributed by atoms with Gasteiger partial charge in [-0.15, -0.1) is 0 Å². The Hall–Kier alpha value is -2.35. The second kappa shape index (κ2) is 5.96. The highest BCUT2D eigenvalue weighted by atomic mass is 79.9. The normalized spacial score (nSPS) is 10.4. The van der Waals surface area contributed by atoms with Gasteiger partial charge in [-0.3, -0.25) is 10.1 Å². The van der Waals surface area contributed by atoms with Crippen LogP contribution < -0.4 is 4.74 Å². The van der Waals surface area contributed by atoms with E-state index in [0.717, 1.165) is 0 Å². The van der Waals surface area contributed by atoms with E-state index in [0.29, 0.717) is 15.9 Å². The number of hydrogen-bond donors (Lipinski definition) is 1. The molecule has 8 heteroatoms. The van der Waals surface area contributed by atoms with Gasteiger partial charge >= 0.3 is 5.97 Å². The van der Waals surface area contributed by atoms with Crippen LogP contribution in [0, 0.1) is 10.1 Å². The summed E-state index contributed by atoms with van der Waals surface area (Å²) in [6, 6.07) is 5.89. The fraction of sp³-hybridized carbons (Fsp3) is 0.154. The maximum Gasteiger partial charge on any atom is 0.337 e. The van der Waals surface area contributed by atoms with Crippen molar-refractivity contribution in [3.05, 3.63) is 56.3 Å². The molecule has 2 rings (SSSR count). The molecule has 0 aliphatic carbocycles. The summed E-state index contributed by atoms with van der Waals surface area (Å²) in [5, 5.41) is 19.8. The lowest BCUT2D eigenvalue weighted by Crippen LogP contribution is -2.01. The first-order chi connectivity index (χ1) is 9.90. The molecule has 1 aromatic heterocycles. The van der Waals surface area contributed by atoms with E-state index >= 15 is 0 Å². The molecule has 0 unspecified atom stereocenters. The van der Waals surface area contributed by atoms with E-state index in [2.05, 4.69) is 15.9 Å². The SMILES string of the molecule is COc1cc(Cn2cc(C(=O)O)cc2Br)cc([N+](=O)[O-])c1. The predicted molar refractivity (Wildman–Crippen MR) is 77.8 cm³/mol. The monoisotopic (exact) mass is 354 g/mol. The second-order valence-corrected chi connectivity index (χ2v) is 5.09. The molecule has 0 radical (unpaired) electrons. The van der Waals surface area contributed by atoms with Gasteiger partial charge < -0.3 is 14.4 Å². The first-order valence-electron chi connectivity index (χ1n) is 5.82. The number of methoxy groups -OCH3 is 1. The molecule has 0 aliphatic heterocycles. The lowest BCUT2D eigenvalue weighted by Gasteiger charge is -2.07. The average molecular weight is 355 g/mol. The number of ether oxygens (including phenoxy) is 1. The highest BCUT2D eigenvalue weighted by Crippen LogP contribution is 2.25. The number of benzene rings is 1. The van der Waals surface area contributed by atoms with Crippen molar-refractivity contribution in [2.24, 2.45) is 0 Å². The zero-order valence-electron chi connectivity index (χ0n) is 10.9. The molecule has 0 aliphatic rings. The number of rotatable bonds is 5. The van der Waals surface area contributed by atoms with Crippen molar-refractivity contribution < 1.29 is 19.6 Å². The van der Waals surface area contributed by atoms with Crippen LogP contribution in [0.1, 0.15) is 15.9 Å². The summed E-state index contributed by atoms with van der Waals surface area (Å²) in [5.74, 6) is -0.660. The van der Waals surface area contributed by atoms with Crippen LogP contribution in [-0.4, -0.2) is 27.7 Å². The van der Waals surface area contributed by atoms with E-state index in [9.17, 15) is 14.9 Å². The van der Waals surface area contributed by atoms with Gasteiger partial charge in [-0.1, -0.05) is 0 Å². The minimum absolute atomic E-state index is 0.0777. The smallest absolute Gasteiger partial charge is 0.337 e. The number of carboxylic acid groups (broad SMARTS) is 1. The fourth-order valence-electron chi connectivity index (χ4n) is 1.87. The van der Waals surface area contributed by atoms with Crippen molar-refractivity contribution in [3.63, 3.8) is 0 Å². The first-order valence-corrected chi connectivity index (χ1v) is 6.61. The molecule has 110 valence electrons. The number of non-ortho nitro benzene ring substituents is 1. The lowest BCUT2D eigenvalue weighted by atomic mass is 10.2. The minimum Gasteiger partial charge on any atom is -0.496 e. The largest absolute Gasteiger partial charge is 0.496 e. The van der Waals surface area contributed by atoms with Crippen LogP contribution in [0.3, 0.4) is 0 Å². The Morgan fingerprint density at radius 2 is 2.14 bits per heavy atom. The van der Waals surface area contributed by atoms with Gasteiger partial charge in [0.25, 0.3) is 5.69 Å². The van der Waals surface area contributed by atoms with Gasteiger partial charge in [-0.05, 0) is 33.6 Å². The standard InChI is InChI=1S/C13H11BrN2O5/c1-21-11-3-8(2-10(5-11)16(19)20)6-15-7-9(13(17)18)4-12(15)14/h2-5,7H,6H2,1H3,(H,17,18). The van der Waals surface area contributed by atoms with E-state index in [1.54, 1.807) is 10.6 Å². The van der Waals surface area contributed by atoms with Crippen molar-refractivity contribution >= 4 is 27.6 Å². The average Bonchev–Trinajstić information content (AvgIpc) is 2.80. The summed E-state index contributed by atoms with van der Waals surface area (Å²) in [6.07, 6.45) is 1.46. The number of aromatic nitrogens is 1. The number of halogens is 1. The predicted octanol–water partition coefficient (Wildman–Crippen LogP) is 2.91. The van der Waals surface area contributed by atoms with Crippen LogP contribution in [-0.2, 0) is 6.54 Å². The number of carboxylic acids is 1. The molecule has 0 fully saturated rings. The summed E-state index contributed by atoms with van der Waals surface area (Å²) in [5.41, 5.74) is 0.694. The minimum atomic E-state index is -1.04. The van der Waals surface area contributed by atoms with Gasteiger partial charge in [0.2, 0.25) is 0 Å². The number of carbonyl (C=O) groups is 1. The van der Waals surface area contributed by atoms with Crippen molar-refractivity contribution in [2.45, 2.75) is 6.54 Å². The van der Waals surface area contributed by atoms with Crippen molar-refractivity contribution in [1.82, 2.24) is 4.57 Å². The molecule has 0 spiro atoms. The van der Waals surface area contributed by atoms with Gasteiger partial charge in [0.15, 0.2) is 0 Å². The number of aromatic carboxylic acids is 1. The molecule has 0 saturated carbocycles. The van der Waals surface area contributed by atoms with Gasteiger partial charge in [-0.25, -0.2) is 4.79 Å². The molecule has 2 aromatic rings. The van der Waals surface area contributed by atoms with Crippen LogP contribution in [0.5, 0.6) is 5.75 Å². The molecular weight excluding hydrogens is 344 g/mol. The maximum absolute atomic E-state index is 10.9. The van der Waals surface area contributed by atoms with E-state index in [1.807, 2.05) is 0 Å². The lowest BCUT2D eigenvalue weighted by molar-refractivity contribution is -0.385. The Morgan fingerprint density at radius 3 is 2.67 bits per heavy atom. The Balaban J connectivity index is 2.36. The second-order valence-electron chi connectivity index (χ2n) is 4.28. The van der Waals surface area contributed by atoms with Crippen molar-refractivity contribution in [3.8, 4) is 5.75 Å². The Morgan fingerprint density at radius 1 is 1.43 bits per heavy atom. The molecule has 0 amide bonds. The summed E-state index contributed by atoms with van der Waals surface area (Å²) in [6.45, 7) is 0.284. The van der Waals surface area contributed by atoms with Gasteiger partial charge in [-0.2, -0.15) is 0 Å². The Bertz CT molecular complexity index is 711. The first kappa shape index (κ1) is 15.0. The quantitative estimate of drug-likeness (QED) is 0.657. The van der Waals surface area contributed by atoms with Crippen molar-refractivity contribution in [1.29, 1.82) is 0 Å². The Kier molecular flexibility index (Phi) is 4.27. The topological polar surface area (TPSA) is 94.6 Å². The van der Waals surface area contributed by atoms with Crippen LogP contribution in [0.2, 0.25) is 0 Å². The third-order valence-electron chi connectivity index (χ3n) is 2.84. The van der Waals surface area contributed by atoms with E-state index in [4.69, 9.17) is 9.84 Å². The Labute approximate surface area is 128 Å². The van der Waals surface area contributed by atoms with E-state index < -0.39 is 10.9 Å². The number of nitrogens with zero attached hydrogens (tertiary/aromatic N) is 2. The van der Waals surface area contributed by atoms with E-state index in [1.165, 1.54) is 31.5 Å². The number of hydrogen-bond acceptors (Lipinski definition) is 4. The molecule has 1 aromatic carbocycles. The third-order valence-corrected chi connectivity index (χ3v) is 3.53. The molecule has 1 heterocycles. The summed E-state index contributed by atoms with van der Waals surface area (Å²) >= 11 is 3.26. The fourth-order valence-corrected chi connectivity index (χ4v) is 2.35. The third kappa shape index (κ3) is 3.40. The number of nitro groups is 1. The summed E-state index contributed by atoms with van der Waals surface area (Å²) in [4.78, 5) is 21.3. The highest BCUT2D eigenvalue weighted by Gasteiger charge is 2.13. The highest BCUT2D eigenvalue weighted by molar-refractivity contribution is 9.10. The van der Waals surface area contributed by atoms with Crippen LogP contribution in [0.15, 0.2) is 35.1 Å². The van der Waals surface area contributed by atoms with Gasteiger partial charge in [0, 0.05) is 18.8 Å². The summed E-state index contributed by atoms with van der Waals surface area (Å²) < 4.78 is 7.25. The zero-order chi connectivity index (χ0) is 15.6. The van der Waals surface area contributed by atoms with Gasteiger partial charge in [0.05, 0.1) is 28.3 Å². The van der Waals surface area contributed by atoms with Crippen LogP contribution in [0.4, 0.5) is 5.69 Å². The number of nitro benzene ring substituents is 1. The maximum atomic E-state index is 10.9. The van der Waals surface area contributed by atoms with Crippen LogP contribution in [0.25, 0.3) is 0 Å². The molecule has 0 bridgehead atoms. The molecule has 0 saturated heterocycles. The molecule has 0 atom stereocenters.